The fourth-order valence-corrected chi connectivity index (χ4v) is 6.25. The summed E-state index contributed by atoms with van der Waals surface area (Å²) >= 11 is 0. The molecule has 0 heterocycles. The van der Waals surface area contributed by atoms with E-state index >= 15 is 0 Å². The quantitative estimate of drug-likeness (QED) is 0.788. The van der Waals surface area contributed by atoms with Gasteiger partial charge in [0.15, 0.2) is 9.84 Å². The molecule has 1 N–H and O–H groups in total. The third-order valence-electron chi connectivity index (χ3n) is 5.47. The van der Waals surface area contributed by atoms with E-state index in [1.54, 1.807) is 24.3 Å². The van der Waals surface area contributed by atoms with Crippen molar-refractivity contribution < 1.29 is 23.1 Å². The molecule has 6 heteroatoms. The van der Waals surface area contributed by atoms with Gasteiger partial charge in [0.1, 0.15) is 5.41 Å². The molecule has 0 aliphatic heterocycles. The van der Waals surface area contributed by atoms with Crippen LogP contribution in [-0.2, 0) is 25.8 Å². The van der Waals surface area contributed by atoms with Crippen LogP contribution in [0.4, 0.5) is 0 Å². The highest BCUT2D eigenvalue weighted by molar-refractivity contribution is 7.92. The van der Waals surface area contributed by atoms with Crippen LogP contribution in [-0.4, -0.2) is 38.5 Å². The Hall–Kier alpha value is -2.18. The first-order chi connectivity index (χ1) is 12.8. The monoisotopic (exact) mass is 388 g/mol. The fraction of sp³-hybridized carbons (Fsp3) is 0.381. The minimum Gasteiger partial charge on any atom is -0.481 e. The zero-order chi connectivity index (χ0) is 19.8. The lowest BCUT2D eigenvalue weighted by Crippen LogP contribution is -2.28. The molecular formula is C21H24O5S. The van der Waals surface area contributed by atoms with Crippen LogP contribution in [0.2, 0.25) is 0 Å². The van der Waals surface area contributed by atoms with Crippen LogP contribution < -0.4 is 0 Å². The van der Waals surface area contributed by atoms with Gasteiger partial charge in [-0.1, -0.05) is 48.9 Å². The van der Waals surface area contributed by atoms with E-state index in [0.29, 0.717) is 5.56 Å². The zero-order valence-electron chi connectivity index (χ0n) is 15.7. The Morgan fingerprint density at radius 1 is 1.11 bits per heavy atom. The number of methoxy groups -OCH3 is 1. The average molecular weight is 388 g/mol. The molecule has 0 radical (unpaired) electrons. The maximum Gasteiger partial charge on any atom is 0.314 e. The van der Waals surface area contributed by atoms with Crippen molar-refractivity contribution in [1.82, 2.24) is 0 Å². The molecule has 5 nitrogen and oxygen atoms in total. The molecule has 0 spiro atoms. The van der Waals surface area contributed by atoms with Crippen LogP contribution in [0.3, 0.4) is 0 Å². The van der Waals surface area contributed by atoms with E-state index < -0.39 is 32.4 Å². The molecule has 1 aliphatic rings. The van der Waals surface area contributed by atoms with E-state index in [-0.39, 0.29) is 11.5 Å². The lowest BCUT2D eigenvalue weighted by atomic mass is 9.99. The second-order valence-electron chi connectivity index (χ2n) is 7.13. The van der Waals surface area contributed by atoms with Crippen molar-refractivity contribution in [3.63, 3.8) is 0 Å². The van der Waals surface area contributed by atoms with Gasteiger partial charge in [-0.05, 0) is 36.6 Å². The van der Waals surface area contributed by atoms with Gasteiger partial charge in [-0.3, -0.25) is 4.79 Å². The van der Waals surface area contributed by atoms with Gasteiger partial charge in [0.2, 0.25) is 0 Å². The van der Waals surface area contributed by atoms with Crippen molar-refractivity contribution in [3.8, 4) is 0 Å². The number of benzene rings is 2. The summed E-state index contributed by atoms with van der Waals surface area (Å²) in [6.07, 6.45) is 0.859. The van der Waals surface area contributed by atoms with Crippen LogP contribution >= 0.6 is 0 Å². The average Bonchev–Trinajstić information content (AvgIpc) is 3.33. The van der Waals surface area contributed by atoms with E-state index in [4.69, 9.17) is 4.74 Å². The van der Waals surface area contributed by atoms with Gasteiger partial charge in [0.25, 0.3) is 0 Å². The number of hydrogen-bond acceptors (Lipinski definition) is 4. The number of sulfone groups is 1. The molecule has 0 bridgehead atoms. The van der Waals surface area contributed by atoms with E-state index in [1.807, 2.05) is 38.1 Å². The van der Waals surface area contributed by atoms with Crippen molar-refractivity contribution >= 4 is 15.8 Å². The molecule has 2 aromatic rings. The lowest BCUT2D eigenvalue weighted by Gasteiger charge is -2.12. The van der Waals surface area contributed by atoms with Crippen LogP contribution in [0.15, 0.2) is 53.4 Å². The number of ether oxygens (including phenoxy) is 1. The Balaban J connectivity index is 2.09. The van der Waals surface area contributed by atoms with Crippen molar-refractivity contribution in [2.24, 2.45) is 5.41 Å². The number of carboxylic acids is 1. The van der Waals surface area contributed by atoms with E-state index in [1.165, 1.54) is 7.11 Å². The van der Waals surface area contributed by atoms with Crippen molar-refractivity contribution in [1.29, 1.82) is 0 Å². The maximum absolute atomic E-state index is 13.3. The number of hydrogen-bond donors (Lipinski definition) is 1. The first-order valence-electron chi connectivity index (χ1n) is 8.90. The molecule has 0 aromatic heterocycles. The molecule has 3 atom stereocenters. The Morgan fingerprint density at radius 3 is 2.19 bits per heavy atom. The van der Waals surface area contributed by atoms with Crippen LogP contribution in [0.25, 0.3) is 0 Å². The molecule has 2 aromatic carbocycles. The second kappa shape index (κ2) is 7.09. The van der Waals surface area contributed by atoms with Gasteiger partial charge in [0.05, 0.1) is 16.8 Å². The number of aliphatic carboxylic acids is 1. The Kier molecular flexibility index (Phi) is 5.14. The van der Waals surface area contributed by atoms with E-state index in [2.05, 4.69) is 0 Å². The largest absolute Gasteiger partial charge is 0.481 e. The smallest absolute Gasteiger partial charge is 0.314 e. The minimum absolute atomic E-state index is 0.146. The normalized spacial score (nSPS) is 24.6. The van der Waals surface area contributed by atoms with Gasteiger partial charge in [-0.2, -0.15) is 0 Å². The molecule has 0 saturated heterocycles. The number of aryl methyl sites for hydroxylation is 2. The summed E-state index contributed by atoms with van der Waals surface area (Å²) in [7, 11) is -2.43. The Bertz CT molecular complexity index is 932. The van der Waals surface area contributed by atoms with Crippen molar-refractivity contribution in [3.05, 3.63) is 65.2 Å². The van der Waals surface area contributed by atoms with Crippen molar-refractivity contribution in [2.45, 2.75) is 36.3 Å². The standard InChI is InChI=1S/C21H24O5S/c1-4-15-7-9-16(10-8-15)18-19(21(18,13-26-3)20(22)23)27(24,25)17-11-5-14(2)6-12-17/h5-12,18-19H,4,13H2,1-3H3,(H,22,23)/t18-,19+,21-/m1/s1. The van der Waals surface area contributed by atoms with Crippen LogP contribution in [0, 0.1) is 12.3 Å². The maximum atomic E-state index is 13.3. The highest BCUT2D eigenvalue weighted by Crippen LogP contribution is 2.64. The van der Waals surface area contributed by atoms with Crippen LogP contribution in [0.1, 0.15) is 29.5 Å². The fourth-order valence-electron chi connectivity index (χ4n) is 3.90. The molecule has 1 fully saturated rings. The molecule has 1 saturated carbocycles. The third kappa shape index (κ3) is 3.17. The van der Waals surface area contributed by atoms with Gasteiger partial charge < -0.3 is 9.84 Å². The first-order valence-corrected chi connectivity index (χ1v) is 10.5. The Morgan fingerprint density at radius 2 is 1.70 bits per heavy atom. The molecular weight excluding hydrogens is 364 g/mol. The summed E-state index contributed by atoms with van der Waals surface area (Å²) < 4.78 is 31.7. The van der Waals surface area contributed by atoms with Crippen molar-refractivity contribution in [2.75, 3.05) is 13.7 Å². The number of carbonyl (C=O) groups is 1. The predicted molar refractivity (Wildman–Crippen MR) is 103 cm³/mol. The summed E-state index contributed by atoms with van der Waals surface area (Å²) in [5, 5.41) is 8.89. The SMILES string of the molecule is CCc1ccc([C@@H]2[C@H](S(=O)(=O)c3ccc(C)cc3)[C@]2(COC)C(=O)O)cc1. The van der Waals surface area contributed by atoms with Gasteiger partial charge in [-0.15, -0.1) is 0 Å². The van der Waals surface area contributed by atoms with E-state index in [0.717, 1.165) is 17.5 Å². The topological polar surface area (TPSA) is 80.7 Å². The molecule has 27 heavy (non-hydrogen) atoms. The molecule has 3 rings (SSSR count). The summed E-state index contributed by atoms with van der Waals surface area (Å²) in [5.41, 5.74) is 1.29. The highest BCUT2D eigenvalue weighted by Gasteiger charge is 2.76. The van der Waals surface area contributed by atoms with Gasteiger partial charge >= 0.3 is 5.97 Å². The second-order valence-corrected chi connectivity index (χ2v) is 9.20. The first kappa shape index (κ1) is 19.6. The minimum atomic E-state index is -3.83. The predicted octanol–water partition coefficient (Wildman–Crippen LogP) is 3.21. The summed E-state index contributed by atoms with van der Waals surface area (Å²) in [4.78, 5) is 12.3. The van der Waals surface area contributed by atoms with Gasteiger partial charge in [-0.25, -0.2) is 8.42 Å². The van der Waals surface area contributed by atoms with E-state index in [9.17, 15) is 18.3 Å². The molecule has 1 aliphatic carbocycles. The number of rotatable bonds is 7. The third-order valence-corrected chi connectivity index (χ3v) is 7.76. The molecule has 0 amide bonds. The molecule has 0 unspecified atom stereocenters. The zero-order valence-corrected chi connectivity index (χ0v) is 16.5. The highest BCUT2D eigenvalue weighted by atomic mass is 32.2. The van der Waals surface area contributed by atoms with Gasteiger partial charge in [0, 0.05) is 13.0 Å². The summed E-state index contributed by atoms with van der Waals surface area (Å²) in [6.45, 7) is 3.75. The summed E-state index contributed by atoms with van der Waals surface area (Å²) in [6, 6.07) is 14.0. The number of carboxylic acid groups (broad SMARTS) is 1. The lowest BCUT2D eigenvalue weighted by molar-refractivity contribution is -0.145. The Labute approximate surface area is 159 Å². The van der Waals surface area contributed by atoms with Crippen LogP contribution in [0.5, 0.6) is 0 Å². The molecule has 144 valence electrons. The summed E-state index contributed by atoms with van der Waals surface area (Å²) in [5.74, 6) is -1.79.